The molecule has 3 N–H and O–H groups in total. The molecule has 0 spiro atoms. The van der Waals surface area contributed by atoms with Crippen molar-refractivity contribution in [3.63, 3.8) is 0 Å². The van der Waals surface area contributed by atoms with Crippen LogP contribution in [0.5, 0.6) is 5.75 Å². The van der Waals surface area contributed by atoms with Crippen LogP contribution < -0.4 is 15.4 Å². The first-order valence-electron chi connectivity index (χ1n) is 8.26. The zero-order valence-corrected chi connectivity index (χ0v) is 14.7. The van der Waals surface area contributed by atoms with Gasteiger partial charge in [0.2, 0.25) is 0 Å². The Balaban J connectivity index is 2.11. The van der Waals surface area contributed by atoms with Gasteiger partial charge in [0.25, 0.3) is 0 Å². The summed E-state index contributed by atoms with van der Waals surface area (Å²) in [5, 5.41) is 13.8. The summed E-state index contributed by atoms with van der Waals surface area (Å²) in [6, 6.07) is 7.78. The number of nitrogens with one attached hydrogen (secondary N) is 2. The standard InChI is InChI=1S/C18H28N2O4/c1-18(2,3)14-7-9-15(10-8-14)24-13-5-12-20-17(23)19-11-4-6-16(21)22/h7-10H,4-6,11-13H2,1-3H3,(H,21,22)(H2,19,20,23). The monoisotopic (exact) mass is 336 g/mol. The third kappa shape index (κ3) is 8.41. The normalized spacial score (nSPS) is 11.0. The Kier molecular flexibility index (Phi) is 8.09. The second kappa shape index (κ2) is 9.80. The number of hydrogen-bond donors (Lipinski definition) is 3. The molecule has 0 heterocycles. The molecule has 134 valence electrons. The molecule has 0 aliphatic heterocycles. The van der Waals surface area contributed by atoms with E-state index in [4.69, 9.17) is 9.84 Å². The summed E-state index contributed by atoms with van der Waals surface area (Å²) >= 11 is 0. The highest BCUT2D eigenvalue weighted by atomic mass is 16.5. The van der Waals surface area contributed by atoms with E-state index < -0.39 is 5.97 Å². The minimum atomic E-state index is -0.857. The van der Waals surface area contributed by atoms with Gasteiger partial charge in [-0.15, -0.1) is 0 Å². The number of benzene rings is 1. The van der Waals surface area contributed by atoms with Crippen LogP contribution >= 0.6 is 0 Å². The van der Waals surface area contributed by atoms with Gasteiger partial charge in [-0.25, -0.2) is 4.79 Å². The van der Waals surface area contributed by atoms with Crippen LogP contribution in [0.3, 0.4) is 0 Å². The Bertz CT molecular complexity index is 521. The molecule has 0 fully saturated rings. The van der Waals surface area contributed by atoms with Gasteiger partial charge in [0.15, 0.2) is 0 Å². The van der Waals surface area contributed by atoms with E-state index in [2.05, 4.69) is 43.5 Å². The first-order valence-corrected chi connectivity index (χ1v) is 8.26. The molecular formula is C18H28N2O4. The summed E-state index contributed by atoms with van der Waals surface area (Å²) in [7, 11) is 0. The predicted octanol–water partition coefficient (Wildman–Crippen LogP) is 2.92. The Hall–Kier alpha value is -2.24. The van der Waals surface area contributed by atoms with Crippen LogP contribution in [0.4, 0.5) is 4.79 Å². The number of carboxylic acid groups (broad SMARTS) is 1. The minimum Gasteiger partial charge on any atom is -0.494 e. The van der Waals surface area contributed by atoms with E-state index in [1.807, 2.05) is 12.1 Å². The lowest BCUT2D eigenvalue weighted by molar-refractivity contribution is -0.137. The van der Waals surface area contributed by atoms with Crippen LogP contribution in [0.1, 0.15) is 45.6 Å². The molecule has 2 amide bonds. The molecule has 1 rings (SSSR count). The van der Waals surface area contributed by atoms with Crippen LogP contribution in [0.2, 0.25) is 0 Å². The third-order valence-corrected chi connectivity index (χ3v) is 3.45. The fourth-order valence-corrected chi connectivity index (χ4v) is 2.02. The molecule has 0 aromatic heterocycles. The summed E-state index contributed by atoms with van der Waals surface area (Å²) in [5.74, 6) is -0.0361. The lowest BCUT2D eigenvalue weighted by atomic mass is 9.87. The topological polar surface area (TPSA) is 87.7 Å². The maximum Gasteiger partial charge on any atom is 0.314 e. The van der Waals surface area contributed by atoms with E-state index in [9.17, 15) is 9.59 Å². The van der Waals surface area contributed by atoms with E-state index >= 15 is 0 Å². The lowest BCUT2D eigenvalue weighted by Gasteiger charge is -2.19. The quantitative estimate of drug-likeness (QED) is 0.605. The first kappa shape index (κ1) is 19.8. The number of rotatable bonds is 9. The van der Waals surface area contributed by atoms with E-state index in [1.165, 1.54) is 5.56 Å². The van der Waals surface area contributed by atoms with Crippen molar-refractivity contribution in [2.75, 3.05) is 19.7 Å². The molecule has 0 atom stereocenters. The Morgan fingerprint density at radius 1 is 1.04 bits per heavy atom. The van der Waals surface area contributed by atoms with Crippen LogP contribution in [0.15, 0.2) is 24.3 Å². The molecule has 0 aliphatic rings. The smallest absolute Gasteiger partial charge is 0.314 e. The molecule has 1 aromatic rings. The highest BCUT2D eigenvalue weighted by molar-refractivity contribution is 5.73. The van der Waals surface area contributed by atoms with Gasteiger partial charge in [0, 0.05) is 19.5 Å². The Morgan fingerprint density at radius 2 is 1.62 bits per heavy atom. The third-order valence-electron chi connectivity index (χ3n) is 3.45. The van der Waals surface area contributed by atoms with Gasteiger partial charge >= 0.3 is 12.0 Å². The Labute approximate surface area is 143 Å². The zero-order valence-electron chi connectivity index (χ0n) is 14.7. The molecule has 6 heteroatoms. The van der Waals surface area contributed by atoms with Crippen molar-refractivity contribution in [2.45, 2.75) is 45.4 Å². The minimum absolute atomic E-state index is 0.0577. The number of amides is 2. The maximum atomic E-state index is 11.4. The van der Waals surface area contributed by atoms with Gasteiger partial charge in [-0.1, -0.05) is 32.9 Å². The van der Waals surface area contributed by atoms with Crippen LogP contribution in [0.25, 0.3) is 0 Å². The molecule has 0 bridgehead atoms. The van der Waals surface area contributed by atoms with Crippen molar-refractivity contribution in [1.82, 2.24) is 10.6 Å². The molecule has 0 radical (unpaired) electrons. The van der Waals surface area contributed by atoms with Gasteiger partial charge in [0.05, 0.1) is 6.61 Å². The molecule has 6 nitrogen and oxygen atoms in total. The number of carboxylic acids is 1. The van der Waals surface area contributed by atoms with E-state index in [1.54, 1.807) is 0 Å². The number of hydrogen-bond acceptors (Lipinski definition) is 3. The van der Waals surface area contributed by atoms with Crippen molar-refractivity contribution in [1.29, 1.82) is 0 Å². The SMILES string of the molecule is CC(C)(C)c1ccc(OCCCNC(=O)NCCCC(=O)O)cc1. The Morgan fingerprint density at radius 3 is 2.17 bits per heavy atom. The molecule has 0 aliphatic carbocycles. The van der Waals surface area contributed by atoms with Gasteiger partial charge in [-0.05, 0) is 36.0 Å². The van der Waals surface area contributed by atoms with E-state index in [-0.39, 0.29) is 17.9 Å². The fraction of sp³-hybridized carbons (Fsp3) is 0.556. The number of aliphatic carboxylic acids is 1. The van der Waals surface area contributed by atoms with Crippen molar-refractivity contribution >= 4 is 12.0 Å². The zero-order chi connectivity index (χ0) is 18.0. The highest BCUT2D eigenvalue weighted by Gasteiger charge is 2.12. The van der Waals surface area contributed by atoms with Crippen molar-refractivity contribution in [3.8, 4) is 5.75 Å². The highest BCUT2D eigenvalue weighted by Crippen LogP contribution is 2.24. The van der Waals surface area contributed by atoms with Crippen molar-refractivity contribution in [2.24, 2.45) is 0 Å². The predicted molar refractivity (Wildman–Crippen MR) is 93.5 cm³/mol. The average molecular weight is 336 g/mol. The fourth-order valence-electron chi connectivity index (χ4n) is 2.02. The maximum absolute atomic E-state index is 11.4. The molecule has 1 aromatic carbocycles. The summed E-state index contributed by atoms with van der Waals surface area (Å²) < 4.78 is 5.64. The number of urea groups is 1. The first-order chi connectivity index (χ1) is 11.3. The van der Waals surface area contributed by atoms with Gasteiger partial charge in [0.1, 0.15) is 5.75 Å². The number of carbonyl (C=O) groups excluding carboxylic acids is 1. The largest absolute Gasteiger partial charge is 0.494 e. The molecular weight excluding hydrogens is 308 g/mol. The summed E-state index contributed by atoms with van der Waals surface area (Å²) in [6.07, 6.45) is 1.18. The molecule has 0 saturated carbocycles. The average Bonchev–Trinajstić information content (AvgIpc) is 2.50. The van der Waals surface area contributed by atoms with Crippen LogP contribution in [-0.4, -0.2) is 36.8 Å². The summed E-state index contributed by atoms with van der Waals surface area (Å²) in [5.41, 5.74) is 1.39. The molecule has 24 heavy (non-hydrogen) atoms. The van der Waals surface area contributed by atoms with Crippen molar-refractivity contribution < 1.29 is 19.4 Å². The summed E-state index contributed by atoms with van der Waals surface area (Å²) in [6.45, 7) is 7.89. The van der Waals surface area contributed by atoms with Crippen molar-refractivity contribution in [3.05, 3.63) is 29.8 Å². The number of ether oxygens (including phenoxy) is 1. The van der Waals surface area contributed by atoms with Crippen LogP contribution in [0, 0.1) is 0 Å². The molecule has 0 saturated heterocycles. The molecule has 0 unspecified atom stereocenters. The van der Waals surface area contributed by atoms with Gasteiger partial charge in [-0.3, -0.25) is 4.79 Å². The van der Waals surface area contributed by atoms with E-state index in [0.29, 0.717) is 32.5 Å². The van der Waals surface area contributed by atoms with E-state index in [0.717, 1.165) is 5.75 Å². The lowest BCUT2D eigenvalue weighted by Crippen LogP contribution is -2.37. The summed E-state index contributed by atoms with van der Waals surface area (Å²) in [4.78, 5) is 21.8. The van der Waals surface area contributed by atoms with Crippen LogP contribution in [-0.2, 0) is 10.2 Å². The van der Waals surface area contributed by atoms with Gasteiger partial charge < -0.3 is 20.5 Å². The number of carbonyl (C=O) groups is 2. The second-order valence-corrected chi connectivity index (χ2v) is 6.66. The van der Waals surface area contributed by atoms with Gasteiger partial charge in [-0.2, -0.15) is 0 Å². The second-order valence-electron chi connectivity index (χ2n) is 6.66.